The van der Waals surface area contributed by atoms with Gasteiger partial charge in [0.2, 0.25) is 5.13 Å². The molecule has 4 aromatic rings. The SMILES string of the molecule is c1ccc(Nc2nnc(-c3sccc3OCc3ccncc3)s2)cc1. The molecule has 0 aliphatic rings. The number of nitrogens with one attached hydrogen (secondary N) is 1. The molecule has 0 bridgehead atoms. The highest BCUT2D eigenvalue weighted by atomic mass is 32.1. The molecule has 0 spiro atoms. The maximum atomic E-state index is 5.95. The van der Waals surface area contributed by atoms with E-state index in [0.717, 1.165) is 32.0 Å². The molecular weight excluding hydrogens is 352 g/mol. The average molecular weight is 366 g/mol. The van der Waals surface area contributed by atoms with Crippen molar-refractivity contribution >= 4 is 33.5 Å². The number of anilines is 2. The Kier molecular flexibility index (Phi) is 4.67. The second kappa shape index (κ2) is 7.42. The summed E-state index contributed by atoms with van der Waals surface area (Å²) in [7, 11) is 0. The lowest BCUT2D eigenvalue weighted by Gasteiger charge is -2.05. The number of rotatable bonds is 6. The van der Waals surface area contributed by atoms with Crippen LogP contribution in [-0.2, 0) is 6.61 Å². The molecule has 124 valence electrons. The summed E-state index contributed by atoms with van der Waals surface area (Å²) in [5, 5.41) is 15.4. The number of hydrogen-bond donors (Lipinski definition) is 1. The van der Waals surface area contributed by atoms with Crippen molar-refractivity contribution in [2.45, 2.75) is 6.61 Å². The monoisotopic (exact) mass is 366 g/mol. The van der Waals surface area contributed by atoms with Gasteiger partial charge in [-0.15, -0.1) is 21.5 Å². The zero-order valence-electron chi connectivity index (χ0n) is 13.1. The molecule has 7 heteroatoms. The van der Waals surface area contributed by atoms with Crippen molar-refractivity contribution in [3.8, 4) is 15.6 Å². The van der Waals surface area contributed by atoms with E-state index in [1.54, 1.807) is 23.7 Å². The molecule has 3 heterocycles. The van der Waals surface area contributed by atoms with Crippen LogP contribution in [0.3, 0.4) is 0 Å². The van der Waals surface area contributed by atoms with Gasteiger partial charge in [-0.2, -0.15) is 0 Å². The molecule has 0 fully saturated rings. The van der Waals surface area contributed by atoms with E-state index in [2.05, 4.69) is 20.5 Å². The van der Waals surface area contributed by atoms with Crippen LogP contribution in [0.15, 0.2) is 66.3 Å². The van der Waals surface area contributed by atoms with Crippen molar-refractivity contribution in [3.63, 3.8) is 0 Å². The molecule has 0 amide bonds. The fourth-order valence-corrected chi connectivity index (χ4v) is 3.91. The van der Waals surface area contributed by atoms with E-state index in [1.807, 2.05) is 53.9 Å². The smallest absolute Gasteiger partial charge is 0.210 e. The molecule has 1 N–H and O–H groups in total. The van der Waals surface area contributed by atoms with Crippen molar-refractivity contribution < 1.29 is 4.74 Å². The Morgan fingerprint density at radius 2 is 1.80 bits per heavy atom. The first-order valence-electron chi connectivity index (χ1n) is 7.63. The Labute approximate surface area is 153 Å². The van der Waals surface area contributed by atoms with Gasteiger partial charge in [0.05, 0.1) is 0 Å². The van der Waals surface area contributed by atoms with Crippen LogP contribution in [0.5, 0.6) is 5.75 Å². The predicted octanol–water partition coefficient (Wildman–Crippen LogP) is 4.98. The quantitative estimate of drug-likeness (QED) is 0.521. The molecule has 0 aliphatic heterocycles. The highest BCUT2D eigenvalue weighted by Gasteiger charge is 2.14. The highest BCUT2D eigenvalue weighted by Crippen LogP contribution is 2.39. The minimum absolute atomic E-state index is 0.500. The number of thiophene rings is 1. The maximum Gasteiger partial charge on any atom is 0.210 e. The van der Waals surface area contributed by atoms with E-state index in [9.17, 15) is 0 Å². The lowest BCUT2D eigenvalue weighted by atomic mass is 10.3. The summed E-state index contributed by atoms with van der Waals surface area (Å²) in [5.41, 5.74) is 2.07. The average Bonchev–Trinajstić information content (AvgIpc) is 3.31. The largest absolute Gasteiger partial charge is 0.487 e. The van der Waals surface area contributed by atoms with Crippen molar-refractivity contribution in [2.75, 3.05) is 5.32 Å². The van der Waals surface area contributed by atoms with Crippen molar-refractivity contribution in [2.24, 2.45) is 0 Å². The van der Waals surface area contributed by atoms with E-state index < -0.39 is 0 Å². The first-order chi connectivity index (χ1) is 12.4. The number of ether oxygens (including phenoxy) is 1. The van der Waals surface area contributed by atoms with Crippen LogP contribution in [-0.4, -0.2) is 15.2 Å². The lowest BCUT2D eigenvalue weighted by Crippen LogP contribution is -1.95. The standard InChI is InChI=1S/C18H14N4OS2/c1-2-4-14(5-3-1)20-18-22-21-17(25-18)16-15(8-11-24-16)23-12-13-6-9-19-10-7-13/h1-11H,12H2,(H,20,22). The third-order valence-corrected chi connectivity index (χ3v) is 5.30. The van der Waals surface area contributed by atoms with Crippen LogP contribution >= 0.6 is 22.7 Å². The van der Waals surface area contributed by atoms with Gasteiger partial charge >= 0.3 is 0 Å². The Morgan fingerprint density at radius 1 is 0.960 bits per heavy atom. The molecule has 0 unspecified atom stereocenters. The summed E-state index contributed by atoms with van der Waals surface area (Å²) < 4.78 is 5.95. The molecule has 0 radical (unpaired) electrons. The summed E-state index contributed by atoms with van der Waals surface area (Å²) >= 11 is 3.11. The molecule has 0 atom stereocenters. The molecule has 0 saturated carbocycles. The molecule has 0 aliphatic carbocycles. The van der Waals surface area contributed by atoms with Crippen LogP contribution in [0.1, 0.15) is 5.56 Å². The van der Waals surface area contributed by atoms with E-state index in [0.29, 0.717) is 6.61 Å². The second-order valence-electron chi connectivity index (χ2n) is 5.16. The second-order valence-corrected chi connectivity index (χ2v) is 7.06. The molecule has 1 aromatic carbocycles. The van der Waals surface area contributed by atoms with Crippen molar-refractivity contribution in [1.29, 1.82) is 0 Å². The number of aromatic nitrogens is 3. The Bertz CT molecular complexity index is 938. The van der Waals surface area contributed by atoms with E-state index >= 15 is 0 Å². The van der Waals surface area contributed by atoms with Gasteiger partial charge in [-0.25, -0.2) is 0 Å². The number of nitrogens with zero attached hydrogens (tertiary/aromatic N) is 3. The van der Waals surface area contributed by atoms with Gasteiger partial charge < -0.3 is 10.1 Å². The zero-order valence-corrected chi connectivity index (χ0v) is 14.8. The molecule has 4 rings (SSSR count). The van der Waals surface area contributed by atoms with Gasteiger partial charge in [0.1, 0.15) is 17.2 Å². The summed E-state index contributed by atoms with van der Waals surface area (Å²) in [6, 6.07) is 15.8. The van der Waals surface area contributed by atoms with Gasteiger partial charge in [0.25, 0.3) is 0 Å². The summed E-state index contributed by atoms with van der Waals surface area (Å²) in [6.45, 7) is 0.500. The normalized spacial score (nSPS) is 10.6. The van der Waals surface area contributed by atoms with Crippen molar-refractivity contribution in [3.05, 3.63) is 71.9 Å². The maximum absolute atomic E-state index is 5.95. The Morgan fingerprint density at radius 3 is 2.64 bits per heavy atom. The summed E-state index contributed by atoms with van der Waals surface area (Å²) in [6.07, 6.45) is 3.53. The highest BCUT2D eigenvalue weighted by molar-refractivity contribution is 7.23. The van der Waals surface area contributed by atoms with Crippen LogP contribution < -0.4 is 10.1 Å². The summed E-state index contributed by atoms with van der Waals surface area (Å²) in [5.74, 6) is 0.823. The fraction of sp³-hybridized carbons (Fsp3) is 0.0556. The minimum Gasteiger partial charge on any atom is -0.487 e. The summed E-state index contributed by atoms with van der Waals surface area (Å²) in [4.78, 5) is 5.01. The molecule has 3 aromatic heterocycles. The number of pyridine rings is 1. The molecular formula is C18H14N4OS2. The van der Waals surface area contributed by atoms with E-state index in [4.69, 9.17) is 4.74 Å². The first-order valence-corrected chi connectivity index (χ1v) is 9.33. The first kappa shape index (κ1) is 15.7. The van der Waals surface area contributed by atoms with Gasteiger partial charge in [-0.1, -0.05) is 29.5 Å². The molecule has 5 nitrogen and oxygen atoms in total. The van der Waals surface area contributed by atoms with Gasteiger partial charge in [-0.3, -0.25) is 4.98 Å². The van der Waals surface area contributed by atoms with Gasteiger partial charge in [-0.05, 0) is 41.3 Å². The van der Waals surface area contributed by atoms with Crippen LogP contribution in [0.25, 0.3) is 9.88 Å². The zero-order chi connectivity index (χ0) is 16.9. The Balaban J connectivity index is 1.48. The Hall–Kier alpha value is -2.77. The van der Waals surface area contributed by atoms with Crippen LogP contribution in [0, 0.1) is 0 Å². The van der Waals surface area contributed by atoms with Gasteiger partial charge in [0, 0.05) is 18.1 Å². The van der Waals surface area contributed by atoms with Gasteiger partial charge in [0.15, 0.2) is 5.01 Å². The number of benzene rings is 1. The third-order valence-electron chi connectivity index (χ3n) is 3.42. The van der Waals surface area contributed by atoms with E-state index in [-0.39, 0.29) is 0 Å². The van der Waals surface area contributed by atoms with Crippen molar-refractivity contribution in [1.82, 2.24) is 15.2 Å². The number of hydrogen-bond acceptors (Lipinski definition) is 7. The number of para-hydroxylation sites is 1. The molecule has 0 saturated heterocycles. The van der Waals surface area contributed by atoms with Crippen LogP contribution in [0.4, 0.5) is 10.8 Å². The minimum atomic E-state index is 0.500. The topological polar surface area (TPSA) is 59.9 Å². The lowest BCUT2D eigenvalue weighted by molar-refractivity contribution is 0.308. The molecule has 25 heavy (non-hydrogen) atoms. The van der Waals surface area contributed by atoms with Crippen LogP contribution in [0.2, 0.25) is 0 Å². The van der Waals surface area contributed by atoms with E-state index in [1.165, 1.54) is 11.3 Å². The predicted molar refractivity (Wildman–Crippen MR) is 102 cm³/mol. The fourth-order valence-electron chi connectivity index (χ4n) is 2.22. The third kappa shape index (κ3) is 3.84.